The lowest BCUT2D eigenvalue weighted by molar-refractivity contribution is 0.0718. The lowest BCUT2D eigenvalue weighted by atomic mass is 10.1. The van der Waals surface area contributed by atoms with Crippen molar-refractivity contribution in [2.75, 3.05) is 18.4 Å². The normalized spacial score (nSPS) is 14.6. The van der Waals surface area contributed by atoms with Crippen molar-refractivity contribution in [3.05, 3.63) is 46.7 Å². The van der Waals surface area contributed by atoms with Crippen LogP contribution in [0.15, 0.2) is 30.3 Å². The highest BCUT2D eigenvalue weighted by molar-refractivity contribution is 6.30. The van der Waals surface area contributed by atoms with Crippen LogP contribution < -0.4 is 5.32 Å². The molecule has 1 fully saturated rings. The number of nitrogens with zero attached hydrogens (tertiary/aromatic N) is 3. The van der Waals surface area contributed by atoms with Gasteiger partial charge in [-0.3, -0.25) is 4.79 Å². The van der Waals surface area contributed by atoms with Gasteiger partial charge in [0.1, 0.15) is 5.69 Å². The van der Waals surface area contributed by atoms with Crippen molar-refractivity contribution < 1.29 is 4.79 Å². The first-order valence-electron chi connectivity index (χ1n) is 7.79. The van der Waals surface area contributed by atoms with Gasteiger partial charge >= 0.3 is 0 Å². The molecule has 1 aromatic heterocycles. The Labute approximate surface area is 140 Å². The monoisotopic (exact) mass is 330 g/mol. The topological polar surface area (TPSA) is 58.1 Å². The van der Waals surface area contributed by atoms with Crippen LogP contribution in [0.2, 0.25) is 5.02 Å². The number of aromatic nitrogens is 2. The molecular weight excluding hydrogens is 312 g/mol. The Kier molecular flexibility index (Phi) is 4.76. The molecule has 0 aliphatic carbocycles. The molecule has 3 rings (SSSR count). The molecule has 2 heterocycles. The van der Waals surface area contributed by atoms with Crippen LogP contribution in [0, 0.1) is 6.92 Å². The van der Waals surface area contributed by atoms with Crippen LogP contribution in [0.3, 0.4) is 0 Å². The van der Waals surface area contributed by atoms with Crippen molar-refractivity contribution in [3.63, 3.8) is 0 Å². The van der Waals surface area contributed by atoms with E-state index in [0.717, 1.165) is 37.3 Å². The van der Waals surface area contributed by atoms with E-state index in [1.807, 2.05) is 24.0 Å². The van der Waals surface area contributed by atoms with Gasteiger partial charge < -0.3 is 10.2 Å². The molecule has 120 valence electrons. The Hall–Kier alpha value is -2.14. The highest BCUT2D eigenvalue weighted by Crippen LogP contribution is 2.18. The van der Waals surface area contributed by atoms with Crippen molar-refractivity contribution in [3.8, 4) is 0 Å². The maximum atomic E-state index is 12.6. The Balaban J connectivity index is 1.80. The second-order valence-corrected chi connectivity index (χ2v) is 6.14. The maximum Gasteiger partial charge on any atom is 0.272 e. The van der Waals surface area contributed by atoms with Gasteiger partial charge in [-0.2, -0.15) is 0 Å². The van der Waals surface area contributed by atoms with Gasteiger partial charge in [0.05, 0.1) is 0 Å². The number of hydrogen-bond donors (Lipinski definition) is 1. The van der Waals surface area contributed by atoms with E-state index in [0.29, 0.717) is 16.7 Å². The van der Waals surface area contributed by atoms with Crippen LogP contribution in [-0.2, 0) is 0 Å². The molecule has 1 aromatic carbocycles. The quantitative estimate of drug-likeness (QED) is 0.929. The minimum atomic E-state index is -0.0191. The molecule has 0 atom stereocenters. The van der Waals surface area contributed by atoms with Crippen LogP contribution in [0.5, 0.6) is 0 Å². The number of rotatable bonds is 3. The molecule has 1 N–H and O–H groups in total. The Morgan fingerprint density at radius 3 is 2.52 bits per heavy atom. The fourth-order valence-electron chi connectivity index (χ4n) is 2.66. The third kappa shape index (κ3) is 3.99. The number of carbonyl (C=O) groups is 1. The molecule has 5 nitrogen and oxygen atoms in total. The third-order valence-electron chi connectivity index (χ3n) is 3.82. The molecule has 1 amide bonds. The summed E-state index contributed by atoms with van der Waals surface area (Å²) in [6, 6.07) is 9.02. The molecule has 1 saturated heterocycles. The number of nitrogens with one attached hydrogen (secondary N) is 1. The number of piperidine rings is 1. The summed E-state index contributed by atoms with van der Waals surface area (Å²) < 4.78 is 0. The Morgan fingerprint density at radius 2 is 1.83 bits per heavy atom. The number of halogens is 1. The van der Waals surface area contributed by atoms with Gasteiger partial charge in [0, 0.05) is 29.5 Å². The smallest absolute Gasteiger partial charge is 0.272 e. The zero-order valence-corrected chi connectivity index (χ0v) is 13.8. The van der Waals surface area contributed by atoms with Crippen LogP contribution in [0.4, 0.5) is 11.6 Å². The van der Waals surface area contributed by atoms with Gasteiger partial charge in [0.25, 0.3) is 5.91 Å². The highest BCUT2D eigenvalue weighted by Gasteiger charge is 2.20. The summed E-state index contributed by atoms with van der Waals surface area (Å²) >= 11 is 5.88. The average molecular weight is 331 g/mol. The molecule has 23 heavy (non-hydrogen) atoms. The summed E-state index contributed by atoms with van der Waals surface area (Å²) in [5, 5.41) is 3.79. The van der Waals surface area contributed by atoms with Gasteiger partial charge in [-0.15, -0.1) is 0 Å². The lowest BCUT2D eigenvalue weighted by Crippen LogP contribution is -2.36. The summed E-state index contributed by atoms with van der Waals surface area (Å²) in [7, 11) is 0. The molecule has 0 bridgehead atoms. The zero-order valence-electron chi connectivity index (χ0n) is 13.1. The van der Waals surface area contributed by atoms with Crippen molar-refractivity contribution in [2.45, 2.75) is 26.2 Å². The van der Waals surface area contributed by atoms with E-state index < -0.39 is 0 Å². The minimum absolute atomic E-state index is 0.0191. The molecule has 0 saturated carbocycles. The van der Waals surface area contributed by atoms with E-state index in [9.17, 15) is 4.79 Å². The number of aryl methyl sites for hydroxylation is 1. The van der Waals surface area contributed by atoms with Crippen molar-refractivity contribution in [2.24, 2.45) is 0 Å². The molecular formula is C17H19ClN4O. The van der Waals surface area contributed by atoms with Crippen molar-refractivity contribution in [1.29, 1.82) is 0 Å². The first-order chi connectivity index (χ1) is 11.1. The third-order valence-corrected chi connectivity index (χ3v) is 4.07. The van der Waals surface area contributed by atoms with E-state index in [1.165, 1.54) is 6.42 Å². The van der Waals surface area contributed by atoms with Crippen LogP contribution >= 0.6 is 11.6 Å². The Bertz CT molecular complexity index is 696. The number of hydrogen-bond acceptors (Lipinski definition) is 4. The first kappa shape index (κ1) is 15.7. The second-order valence-electron chi connectivity index (χ2n) is 5.70. The standard InChI is InChI=1S/C17H19ClN4O/c1-12-11-15(16(23)22-9-3-2-4-10-22)21-17(19-12)20-14-7-5-13(18)6-8-14/h5-8,11H,2-4,9-10H2,1H3,(H,19,20,21). The van der Waals surface area contributed by atoms with Gasteiger partial charge in [-0.05, 0) is 56.5 Å². The molecule has 0 spiro atoms. The number of anilines is 2. The molecule has 0 radical (unpaired) electrons. The first-order valence-corrected chi connectivity index (χ1v) is 8.17. The van der Waals surface area contributed by atoms with E-state index in [4.69, 9.17) is 11.6 Å². The van der Waals surface area contributed by atoms with E-state index in [2.05, 4.69) is 15.3 Å². The summed E-state index contributed by atoms with van der Waals surface area (Å²) in [5.41, 5.74) is 2.03. The van der Waals surface area contributed by atoms with Gasteiger partial charge in [-0.1, -0.05) is 11.6 Å². The van der Waals surface area contributed by atoms with Crippen molar-refractivity contribution in [1.82, 2.24) is 14.9 Å². The number of likely N-dealkylation sites (tertiary alicyclic amines) is 1. The SMILES string of the molecule is Cc1cc(C(=O)N2CCCCC2)nc(Nc2ccc(Cl)cc2)n1. The minimum Gasteiger partial charge on any atom is -0.337 e. The number of carbonyl (C=O) groups excluding carboxylic acids is 1. The maximum absolute atomic E-state index is 12.6. The predicted molar refractivity (Wildman–Crippen MR) is 91.3 cm³/mol. The zero-order chi connectivity index (χ0) is 16.2. The predicted octanol–water partition coefficient (Wildman–Crippen LogP) is 3.81. The fraction of sp³-hybridized carbons (Fsp3) is 0.353. The molecule has 6 heteroatoms. The lowest BCUT2D eigenvalue weighted by Gasteiger charge is -2.26. The van der Waals surface area contributed by atoms with Crippen LogP contribution in [0.25, 0.3) is 0 Å². The average Bonchev–Trinajstić information content (AvgIpc) is 2.56. The van der Waals surface area contributed by atoms with Crippen molar-refractivity contribution >= 4 is 29.1 Å². The van der Waals surface area contributed by atoms with E-state index in [1.54, 1.807) is 18.2 Å². The van der Waals surface area contributed by atoms with Crippen LogP contribution in [-0.4, -0.2) is 33.9 Å². The van der Waals surface area contributed by atoms with Gasteiger partial charge in [0.15, 0.2) is 0 Å². The van der Waals surface area contributed by atoms with E-state index in [-0.39, 0.29) is 5.91 Å². The largest absolute Gasteiger partial charge is 0.337 e. The van der Waals surface area contributed by atoms with E-state index >= 15 is 0 Å². The fourth-order valence-corrected chi connectivity index (χ4v) is 2.78. The molecule has 0 unspecified atom stereocenters. The Morgan fingerprint density at radius 1 is 1.13 bits per heavy atom. The van der Waals surface area contributed by atoms with Crippen LogP contribution in [0.1, 0.15) is 35.4 Å². The molecule has 2 aromatic rings. The number of amides is 1. The molecule has 1 aliphatic rings. The summed E-state index contributed by atoms with van der Waals surface area (Å²) in [6.07, 6.45) is 3.31. The van der Waals surface area contributed by atoms with Gasteiger partial charge in [0.2, 0.25) is 5.95 Å². The van der Waals surface area contributed by atoms with Gasteiger partial charge in [-0.25, -0.2) is 9.97 Å². The summed E-state index contributed by atoms with van der Waals surface area (Å²) in [4.78, 5) is 23.2. The second kappa shape index (κ2) is 6.96. The molecule has 1 aliphatic heterocycles. The highest BCUT2D eigenvalue weighted by atomic mass is 35.5. The summed E-state index contributed by atoms with van der Waals surface area (Å²) in [5.74, 6) is 0.405. The summed E-state index contributed by atoms with van der Waals surface area (Å²) in [6.45, 7) is 3.48. The number of benzene rings is 1.